The van der Waals surface area contributed by atoms with Gasteiger partial charge in [-0.05, 0) is 56.2 Å². The third-order valence-electron chi connectivity index (χ3n) is 2.77. The van der Waals surface area contributed by atoms with Gasteiger partial charge in [0.25, 0.3) is 5.91 Å². The van der Waals surface area contributed by atoms with E-state index in [-0.39, 0.29) is 5.91 Å². The fraction of sp³-hybridized carbons (Fsp3) is 0.200. The molecule has 0 saturated heterocycles. The van der Waals surface area contributed by atoms with E-state index in [1.165, 1.54) is 0 Å². The van der Waals surface area contributed by atoms with E-state index in [4.69, 9.17) is 0 Å². The van der Waals surface area contributed by atoms with Crippen molar-refractivity contribution >= 4 is 27.7 Å². The Hall–Kier alpha value is -1.68. The van der Waals surface area contributed by atoms with Crippen molar-refractivity contribution in [2.45, 2.75) is 20.8 Å². The lowest BCUT2D eigenvalue weighted by molar-refractivity contribution is 0.102. The number of nitrogens with one attached hydrogen (secondary N) is 1. The minimum absolute atomic E-state index is 0.154. The maximum Gasteiger partial charge on any atom is 0.256 e. The molecular weight excluding hydrogens is 304 g/mol. The summed E-state index contributed by atoms with van der Waals surface area (Å²) in [6, 6.07) is 9.35. The minimum Gasteiger partial charge on any atom is -0.307 e. The number of amides is 1. The molecular formula is C15H15BrN2O. The van der Waals surface area contributed by atoms with Crippen LogP contribution >= 0.6 is 15.9 Å². The van der Waals surface area contributed by atoms with E-state index in [0.29, 0.717) is 11.4 Å². The molecule has 0 radical (unpaired) electrons. The molecule has 0 unspecified atom stereocenters. The molecule has 1 aromatic carbocycles. The topological polar surface area (TPSA) is 42.0 Å². The van der Waals surface area contributed by atoms with Gasteiger partial charge in [0.2, 0.25) is 0 Å². The molecule has 0 fully saturated rings. The normalized spacial score (nSPS) is 10.3. The van der Waals surface area contributed by atoms with E-state index < -0.39 is 0 Å². The van der Waals surface area contributed by atoms with Crippen molar-refractivity contribution in [1.82, 2.24) is 4.98 Å². The molecule has 0 saturated carbocycles. The van der Waals surface area contributed by atoms with Gasteiger partial charge in [-0.1, -0.05) is 22.0 Å². The van der Waals surface area contributed by atoms with E-state index in [0.717, 1.165) is 21.3 Å². The summed E-state index contributed by atoms with van der Waals surface area (Å²) in [6.45, 7) is 5.87. The Labute approximate surface area is 121 Å². The lowest BCUT2D eigenvalue weighted by Crippen LogP contribution is -2.13. The Bertz CT molecular complexity index is 618. The highest BCUT2D eigenvalue weighted by Gasteiger charge is 2.08. The first-order valence-corrected chi connectivity index (χ1v) is 6.78. The van der Waals surface area contributed by atoms with E-state index in [1.807, 2.05) is 45.0 Å². The van der Waals surface area contributed by atoms with Crippen LogP contribution < -0.4 is 5.32 Å². The zero-order valence-electron chi connectivity index (χ0n) is 11.1. The van der Waals surface area contributed by atoms with Crippen molar-refractivity contribution in [3.05, 3.63) is 57.2 Å². The molecule has 0 bridgehead atoms. The molecule has 0 aliphatic heterocycles. The quantitative estimate of drug-likeness (QED) is 0.908. The maximum atomic E-state index is 12.1. The molecule has 3 nitrogen and oxygen atoms in total. The zero-order valence-corrected chi connectivity index (χ0v) is 12.7. The van der Waals surface area contributed by atoms with Gasteiger partial charge in [-0.15, -0.1) is 0 Å². The first kappa shape index (κ1) is 13.7. The number of anilines is 1. The fourth-order valence-electron chi connectivity index (χ4n) is 1.83. The molecule has 4 heteroatoms. The average Bonchev–Trinajstić information content (AvgIpc) is 2.31. The van der Waals surface area contributed by atoms with Crippen LogP contribution in [-0.2, 0) is 0 Å². The molecule has 19 heavy (non-hydrogen) atoms. The van der Waals surface area contributed by atoms with Crippen LogP contribution in [0.1, 0.15) is 27.2 Å². The summed E-state index contributed by atoms with van der Waals surface area (Å²) in [6.07, 6.45) is 0. The fourth-order valence-corrected chi connectivity index (χ4v) is 2.21. The van der Waals surface area contributed by atoms with Gasteiger partial charge in [-0.2, -0.15) is 0 Å². The van der Waals surface area contributed by atoms with Crippen molar-refractivity contribution in [2.75, 3.05) is 5.32 Å². The summed E-state index contributed by atoms with van der Waals surface area (Å²) in [5.74, 6) is 0.428. The van der Waals surface area contributed by atoms with Crippen LogP contribution in [-0.4, -0.2) is 10.9 Å². The van der Waals surface area contributed by atoms with E-state index in [9.17, 15) is 4.79 Å². The lowest BCUT2D eigenvalue weighted by Gasteiger charge is -2.07. The second-order valence-electron chi connectivity index (χ2n) is 4.59. The van der Waals surface area contributed by atoms with Gasteiger partial charge < -0.3 is 5.32 Å². The number of aryl methyl sites for hydroxylation is 3. The van der Waals surface area contributed by atoms with Gasteiger partial charge in [0.15, 0.2) is 0 Å². The summed E-state index contributed by atoms with van der Waals surface area (Å²) in [4.78, 5) is 16.4. The number of hydrogen-bond acceptors (Lipinski definition) is 2. The molecule has 0 aliphatic carbocycles. The number of pyridine rings is 1. The number of carbonyl (C=O) groups excluding carboxylic acids is 1. The number of nitrogens with zero attached hydrogens (tertiary/aromatic N) is 1. The molecule has 1 amide bonds. The van der Waals surface area contributed by atoms with Gasteiger partial charge in [-0.25, -0.2) is 4.98 Å². The first-order chi connectivity index (χ1) is 8.95. The number of hydrogen-bond donors (Lipinski definition) is 1. The molecule has 0 atom stereocenters. The average molecular weight is 319 g/mol. The summed E-state index contributed by atoms with van der Waals surface area (Å²) in [5.41, 5.74) is 3.67. The van der Waals surface area contributed by atoms with Gasteiger partial charge in [-0.3, -0.25) is 4.79 Å². The van der Waals surface area contributed by atoms with Gasteiger partial charge in [0.1, 0.15) is 5.82 Å². The number of halogens is 1. The molecule has 1 aromatic heterocycles. The summed E-state index contributed by atoms with van der Waals surface area (Å²) < 4.78 is 0.925. The highest BCUT2D eigenvalue weighted by Crippen LogP contribution is 2.18. The van der Waals surface area contributed by atoms with Gasteiger partial charge in [0.05, 0.1) is 0 Å². The number of rotatable bonds is 2. The third-order valence-corrected chi connectivity index (χ3v) is 3.63. The molecule has 2 rings (SSSR count). The standard InChI is InChI=1S/C15H15BrN2O/c1-9-6-11(3)17-14(7-9)18-15(19)12-5-4-10(2)13(16)8-12/h4-8H,1-3H3,(H,17,18,19). The highest BCUT2D eigenvalue weighted by atomic mass is 79.9. The van der Waals surface area contributed by atoms with Crippen LogP contribution in [0.4, 0.5) is 5.82 Å². The molecule has 2 aromatic rings. The predicted molar refractivity (Wildman–Crippen MR) is 80.5 cm³/mol. The predicted octanol–water partition coefficient (Wildman–Crippen LogP) is 4.02. The van der Waals surface area contributed by atoms with Crippen molar-refractivity contribution in [2.24, 2.45) is 0 Å². The molecule has 0 aliphatic rings. The largest absolute Gasteiger partial charge is 0.307 e. The number of aromatic nitrogens is 1. The highest BCUT2D eigenvalue weighted by molar-refractivity contribution is 9.10. The van der Waals surface area contributed by atoms with Crippen LogP contribution in [0, 0.1) is 20.8 Å². The third kappa shape index (κ3) is 3.41. The van der Waals surface area contributed by atoms with E-state index in [1.54, 1.807) is 6.07 Å². The Kier molecular flexibility index (Phi) is 4.00. The summed E-state index contributed by atoms with van der Waals surface area (Å²) in [7, 11) is 0. The van der Waals surface area contributed by atoms with E-state index in [2.05, 4.69) is 26.2 Å². The Morgan fingerprint density at radius 1 is 1.16 bits per heavy atom. The second-order valence-corrected chi connectivity index (χ2v) is 5.44. The van der Waals surface area contributed by atoms with Crippen molar-refractivity contribution in [1.29, 1.82) is 0 Å². The Morgan fingerprint density at radius 3 is 2.53 bits per heavy atom. The van der Waals surface area contributed by atoms with Crippen LogP contribution in [0.2, 0.25) is 0 Å². The SMILES string of the molecule is Cc1cc(C)nc(NC(=O)c2ccc(C)c(Br)c2)c1. The number of carbonyl (C=O) groups is 1. The van der Waals surface area contributed by atoms with Gasteiger partial charge >= 0.3 is 0 Å². The van der Waals surface area contributed by atoms with Crippen LogP contribution in [0.25, 0.3) is 0 Å². The zero-order chi connectivity index (χ0) is 14.0. The molecule has 1 N–H and O–H groups in total. The molecule has 1 heterocycles. The Balaban J connectivity index is 2.22. The summed E-state index contributed by atoms with van der Waals surface area (Å²) >= 11 is 3.43. The smallest absolute Gasteiger partial charge is 0.256 e. The maximum absolute atomic E-state index is 12.1. The molecule has 0 spiro atoms. The van der Waals surface area contributed by atoms with Crippen molar-refractivity contribution < 1.29 is 4.79 Å². The van der Waals surface area contributed by atoms with Crippen LogP contribution in [0.3, 0.4) is 0 Å². The lowest BCUT2D eigenvalue weighted by atomic mass is 10.1. The minimum atomic E-state index is -0.154. The van der Waals surface area contributed by atoms with Crippen LogP contribution in [0.15, 0.2) is 34.8 Å². The van der Waals surface area contributed by atoms with E-state index >= 15 is 0 Å². The second kappa shape index (κ2) is 5.53. The first-order valence-electron chi connectivity index (χ1n) is 5.98. The van der Waals surface area contributed by atoms with Crippen LogP contribution in [0.5, 0.6) is 0 Å². The summed E-state index contributed by atoms with van der Waals surface area (Å²) in [5, 5.41) is 2.82. The number of benzene rings is 1. The Morgan fingerprint density at radius 2 is 1.89 bits per heavy atom. The van der Waals surface area contributed by atoms with Gasteiger partial charge in [0, 0.05) is 15.7 Å². The van der Waals surface area contributed by atoms with Crippen molar-refractivity contribution in [3.63, 3.8) is 0 Å². The monoisotopic (exact) mass is 318 g/mol. The molecule has 98 valence electrons. The van der Waals surface area contributed by atoms with Crippen molar-refractivity contribution in [3.8, 4) is 0 Å².